The molecule has 3 nitrogen and oxygen atoms in total. The van der Waals surface area contributed by atoms with E-state index in [0.29, 0.717) is 31.8 Å². The zero-order valence-electron chi connectivity index (χ0n) is 9.78. The highest BCUT2D eigenvalue weighted by atomic mass is 16.2. The first-order chi connectivity index (χ1) is 7.59. The maximum Gasteiger partial charge on any atom is 0.243 e. The Hall–Kier alpha value is -1.56. The molecular weight excluding hydrogens is 200 g/mol. The van der Waals surface area contributed by atoms with Crippen LogP contribution in [0.2, 0.25) is 0 Å². The van der Waals surface area contributed by atoms with Gasteiger partial charge in [0.2, 0.25) is 5.91 Å². The average molecular weight is 218 g/mol. The van der Waals surface area contributed by atoms with E-state index in [1.165, 1.54) is 0 Å². The fourth-order valence-electron chi connectivity index (χ4n) is 2.30. The van der Waals surface area contributed by atoms with Gasteiger partial charge < -0.3 is 4.90 Å². The summed E-state index contributed by atoms with van der Waals surface area (Å²) in [6.45, 7) is 10.3. The van der Waals surface area contributed by atoms with Crippen molar-refractivity contribution in [3.63, 3.8) is 0 Å². The van der Waals surface area contributed by atoms with Crippen molar-refractivity contribution < 1.29 is 4.79 Å². The molecule has 0 aromatic carbocycles. The minimum atomic E-state index is -0.786. The molecule has 1 fully saturated rings. The van der Waals surface area contributed by atoms with Gasteiger partial charge in [-0.25, -0.2) is 0 Å². The quantitative estimate of drug-likeness (QED) is 0.663. The Morgan fingerprint density at radius 1 is 1.50 bits per heavy atom. The summed E-state index contributed by atoms with van der Waals surface area (Å²) in [5, 5.41) is 9.16. The lowest BCUT2D eigenvalue weighted by atomic mass is 9.62. The Bertz CT molecular complexity index is 324. The first kappa shape index (κ1) is 12.5. The maximum atomic E-state index is 12.2. The molecule has 1 rings (SSSR count). The molecular formula is C13H18N2O. The minimum Gasteiger partial charge on any atom is -0.334 e. The van der Waals surface area contributed by atoms with Crippen LogP contribution in [-0.4, -0.2) is 23.9 Å². The standard InChI is InChI=1S/C13H18N2O/c1-4-6-15(7-5-2)12(16)13(10-14)8-11(3)9-13/h4-5,11H,1-2,6-9H2,3H3. The van der Waals surface area contributed by atoms with E-state index in [-0.39, 0.29) is 5.91 Å². The fourth-order valence-corrected chi connectivity index (χ4v) is 2.30. The van der Waals surface area contributed by atoms with E-state index in [9.17, 15) is 4.79 Å². The molecule has 3 heteroatoms. The van der Waals surface area contributed by atoms with Crippen molar-refractivity contribution in [2.24, 2.45) is 11.3 Å². The second-order valence-electron chi connectivity index (χ2n) is 4.49. The number of amides is 1. The molecule has 0 atom stereocenters. The number of hydrogen-bond acceptors (Lipinski definition) is 2. The Balaban J connectivity index is 2.77. The predicted octanol–water partition coefficient (Wildman–Crippen LogP) is 2.13. The molecule has 16 heavy (non-hydrogen) atoms. The summed E-state index contributed by atoms with van der Waals surface area (Å²) in [6, 6.07) is 2.18. The second kappa shape index (κ2) is 4.98. The number of rotatable bonds is 5. The zero-order chi connectivity index (χ0) is 12.2. The first-order valence-electron chi connectivity index (χ1n) is 5.52. The van der Waals surface area contributed by atoms with Crippen molar-refractivity contribution in [1.82, 2.24) is 4.90 Å². The lowest BCUT2D eigenvalue weighted by molar-refractivity contribution is -0.144. The molecule has 0 radical (unpaired) electrons. The average Bonchev–Trinajstić information content (AvgIpc) is 2.23. The first-order valence-corrected chi connectivity index (χ1v) is 5.52. The molecule has 0 saturated heterocycles. The van der Waals surface area contributed by atoms with E-state index >= 15 is 0 Å². The van der Waals surface area contributed by atoms with Crippen LogP contribution in [-0.2, 0) is 4.79 Å². The lowest BCUT2D eigenvalue weighted by Crippen LogP contribution is -2.50. The van der Waals surface area contributed by atoms with Crippen molar-refractivity contribution in [1.29, 1.82) is 5.26 Å². The molecule has 1 saturated carbocycles. The van der Waals surface area contributed by atoms with E-state index in [4.69, 9.17) is 5.26 Å². The zero-order valence-corrected chi connectivity index (χ0v) is 9.78. The summed E-state index contributed by atoms with van der Waals surface area (Å²) in [5.41, 5.74) is -0.786. The van der Waals surface area contributed by atoms with Crippen LogP contribution in [0.5, 0.6) is 0 Å². The van der Waals surface area contributed by atoms with Crippen LogP contribution in [0.3, 0.4) is 0 Å². The van der Waals surface area contributed by atoms with Crippen LogP contribution in [0.15, 0.2) is 25.3 Å². The van der Waals surface area contributed by atoms with Crippen molar-refractivity contribution in [2.75, 3.05) is 13.1 Å². The van der Waals surface area contributed by atoms with Crippen molar-refractivity contribution in [3.8, 4) is 6.07 Å². The highest BCUT2D eigenvalue weighted by molar-refractivity contribution is 5.86. The van der Waals surface area contributed by atoms with Crippen LogP contribution in [0.25, 0.3) is 0 Å². The molecule has 0 aromatic rings. The van der Waals surface area contributed by atoms with E-state index in [2.05, 4.69) is 26.2 Å². The lowest BCUT2D eigenvalue weighted by Gasteiger charge is -2.42. The molecule has 0 aliphatic heterocycles. The van der Waals surface area contributed by atoms with E-state index < -0.39 is 5.41 Å². The largest absolute Gasteiger partial charge is 0.334 e. The Kier molecular flexibility index (Phi) is 3.89. The van der Waals surface area contributed by atoms with Gasteiger partial charge in [0.05, 0.1) is 6.07 Å². The van der Waals surface area contributed by atoms with E-state index in [1.54, 1.807) is 17.1 Å². The van der Waals surface area contributed by atoms with Crippen LogP contribution < -0.4 is 0 Å². The molecule has 86 valence electrons. The molecule has 0 heterocycles. The van der Waals surface area contributed by atoms with E-state index in [0.717, 1.165) is 0 Å². The third kappa shape index (κ3) is 2.16. The summed E-state index contributed by atoms with van der Waals surface area (Å²) in [7, 11) is 0. The van der Waals surface area contributed by atoms with Crippen LogP contribution in [0.4, 0.5) is 0 Å². The van der Waals surface area contributed by atoms with Gasteiger partial charge in [-0.1, -0.05) is 19.1 Å². The van der Waals surface area contributed by atoms with Gasteiger partial charge in [0.1, 0.15) is 5.41 Å². The Morgan fingerprint density at radius 2 is 2.00 bits per heavy atom. The molecule has 0 unspecified atom stereocenters. The SMILES string of the molecule is C=CCN(CC=C)C(=O)C1(C#N)CC(C)C1. The number of hydrogen-bond donors (Lipinski definition) is 0. The summed E-state index contributed by atoms with van der Waals surface area (Å²) in [4.78, 5) is 13.8. The third-order valence-corrected chi connectivity index (χ3v) is 3.00. The summed E-state index contributed by atoms with van der Waals surface area (Å²) >= 11 is 0. The smallest absolute Gasteiger partial charge is 0.243 e. The van der Waals surface area contributed by atoms with Gasteiger partial charge in [-0.2, -0.15) is 5.26 Å². The topological polar surface area (TPSA) is 44.1 Å². The molecule has 1 aliphatic carbocycles. The van der Waals surface area contributed by atoms with Gasteiger partial charge in [0.15, 0.2) is 0 Å². The molecule has 1 aliphatic rings. The molecule has 0 bridgehead atoms. The van der Waals surface area contributed by atoms with Crippen molar-refractivity contribution in [3.05, 3.63) is 25.3 Å². The van der Waals surface area contributed by atoms with Crippen LogP contribution in [0, 0.1) is 22.7 Å². The van der Waals surface area contributed by atoms with Gasteiger partial charge in [-0.05, 0) is 18.8 Å². The van der Waals surface area contributed by atoms with E-state index in [1.807, 2.05) is 0 Å². The summed E-state index contributed by atoms with van der Waals surface area (Å²) < 4.78 is 0. The van der Waals surface area contributed by atoms with Crippen molar-refractivity contribution in [2.45, 2.75) is 19.8 Å². The molecule has 0 aromatic heterocycles. The molecule has 1 amide bonds. The fraction of sp³-hybridized carbons (Fsp3) is 0.538. The van der Waals surface area contributed by atoms with Crippen LogP contribution in [0.1, 0.15) is 19.8 Å². The Morgan fingerprint density at radius 3 is 2.31 bits per heavy atom. The predicted molar refractivity (Wildman–Crippen MR) is 63.4 cm³/mol. The van der Waals surface area contributed by atoms with Gasteiger partial charge in [0, 0.05) is 13.1 Å². The molecule has 0 N–H and O–H groups in total. The van der Waals surface area contributed by atoms with Crippen LogP contribution >= 0.6 is 0 Å². The van der Waals surface area contributed by atoms with Gasteiger partial charge >= 0.3 is 0 Å². The number of carbonyl (C=O) groups is 1. The number of nitrogens with zero attached hydrogens (tertiary/aromatic N) is 2. The van der Waals surface area contributed by atoms with Gasteiger partial charge in [-0.3, -0.25) is 4.79 Å². The summed E-state index contributed by atoms with van der Waals surface area (Å²) in [5.74, 6) is 0.394. The second-order valence-corrected chi connectivity index (χ2v) is 4.49. The third-order valence-electron chi connectivity index (χ3n) is 3.00. The van der Waals surface area contributed by atoms with Crippen molar-refractivity contribution >= 4 is 5.91 Å². The van der Waals surface area contributed by atoms with Gasteiger partial charge in [0.25, 0.3) is 0 Å². The Labute approximate surface area is 97.0 Å². The highest BCUT2D eigenvalue weighted by Crippen LogP contribution is 2.46. The normalized spacial score (nSPS) is 27.4. The minimum absolute atomic E-state index is 0.0760. The van der Waals surface area contributed by atoms with Gasteiger partial charge in [-0.15, -0.1) is 13.2 Å². The number of nitriles is 1. The summed E-state index contributed by atoms with van der Waals surface area (Å²) in [6.07, 6.45) is 4.70. The molecule has 0 spiro atoms. The highest BCUT2D eigenvalue weighted by Gasteiger charge is 2.50. The maximum absolute atomic E-state index is 12.2. The number of carbonyl (C=O) groups excluding carboxylic acids is 1. The monoisotopic (exact) mass is 218 g/mol.